The summed E-state index contributed by atoms with van der Waals surface area (Å²) in [6, 6.07) is 20.6. The second-order valence-electron chi connectivity index (χ2n) is 10.9. The molecule has 0 saturated carbocycles. The highest BCUT2D eigenvalue weighted by Gasteiger charge is 2.70. The lowest BCUT2D eigenvalue weighted by atomic mass is 9.66. The molecular weight excluding hydrogens is 481 g/mol. The van der Waals surface area contributed by atoms with Gasteiger partial charge in [-0.1, -0.05) is 54.1 Å². The van der Waals surface area contributed by atoms with Gasteiger partial charge in [0.2, 0.25) is 0 Å². The third kappa shape index (κ3) is 3.79. The summed E-state index contributed by atoms with van der Waals surface area (Å²) in [6.45, 7) is 10.5. The lowest BCUT2D eigenvalue weighted by Crippen LogP contribution is -2.69. The monoisotopic (exact) mass is 513 g/mol. The number of benzene rings is 3. The smallest absolute Gasteiger partial charge is 0.261 e. The van der Waals surface area contributed by atoms with Gasteiger partial charge in [0, 0.05) is 24.6 Å². The average molecular weight is 514 g/mol. The molecule has 0 bridgehead atoms. The summed E-state index contributed by atoms with van der Waals surface area (Å²) in [7, 11) is 0. The minimum absolute atomic E-state index is 0.0277. The maximum Gasteiger partial charge on any atom is 0.261 e. The first-order valence-electron chi connectivity index (χ1n) is 12.5. The van der Waals surface area contributed by atoms with Crippen LogP contribution in [0.4, 0.5) is 10.1 Å². The van der Waals surface area contributed by atoms with Gasteiger partial charge in [0.05, 0.1) is 17.3 Å². The van der Waals surface area contributed by atoms with Crippen molar-refractivity contribution in [3.8, 4) is 6.07 Å². The molecule has 0 unspecified atom stereocenters. The summed E-state index contributed by atoms with van der Waals surface area (Å²) in [5.74, 6) is -1.58. The van der Waals surface area contributed by atoms with Gasteiger partial charge in [-0.3, -0.25) is 9.59 Å². The van der Waals surface area contributed by atoms with Gasteiger partial charge in [-0.2, -0.15) is 5.26 Å². The number of rotatable bonds is 2. The molecule has 0 radical (unpaired) electrons. The molecule has 2 aliphatic heterocycles. The van der Waals surface area contributed by atoms with E-state index in [0.717, 1.165) is 11.1 Å². The highest BCUT2D eigenvalue weighted by atomic mass is 19.1. The van der Waals surface area contributed by atoms with Crippen LogP contribution in [0.15, 0.2) is 66.7 Å². The van der Waals surface area contributed by atoms with E-state index in [4.69, 9.17) is 5.26 Å². The molecule has 2 aliphatic rings. The van der Waals surface area contributed by atoms with Gasteiger partial charge in [-0.05, 0) is 63.9 Å². The Kier molecular flexibility index (Phi) is 6.67. The minimum atomic E-state index is -1.99. The quantitative estimate of drug-likeness (QED) is 0.486. The zero-order chi connectivity index (χ0) is 28.0. The molecule has 5 rings (SSSR count). The van der Waals surface area contributed by atoms with Gasteiger partial charge in [0.15, 0.2) is 5.54 Å². The number of fused-ring (bicyclic) bond motifs is 3. The highest BCUT2D eigenvalue weighted by molar-refractivity contribution is 6.14. The molecule has 1 spiro atoms. The van der Waals surface area contributed by atoms with Crippen LogP contribution in [0, 0.1) is 24.1 Å². The number of halogens is 1. The largest absolute Gasteiger partial charge is 0.382 e. The Morgan fingerprint density at radius 2 is 1.61 bits per heavy atom. The fourth-order valence-corrected chi connectivity index (χ4v) is 5.72. The number of aryl methyl sites for hydroxylation is 1. The molecule has 196 valence electrons. The van der Waals surface area contributed by atoms with Crippen molar-refractivity contribution in [3.05, 3.63) is 100 Å². The number of aliphatic hydroxyl groups is 1. The van der Waals surface area contributed by atoms with E-state index in [-0.39, 0.29) is 12.1 Å². The Balaban J connectivity index is 0.00000107. The van der Waals surface area contributed by atoms with Crippen LogP contribution in [0.1, 0.15) is 67.2 Å². The normalized spacial score (nSPS) is 22.0. The maximum absolute atomic E-state index is 15.8. The summed E-state index contributed by atoms with van der Waals surface area (Å²) in [6.07, 6.45) is 0. The number of carbonyl (C=O) groups is 2. The summed E-state index contributed by atoms with van der Waals surface area (Å²) in [5, 5.41) is 19.6. The molecule has 3 aromatic carbocycles. The van der Waals surface area contributed by atoms with Gasteiger partial charge in [0.25, 0.3) is 11.8 Å². The van der Waals surface area contributed by atoms with Crippen LogP contribution in [0.2, 0.25) is 0 Å². The number of hydrogen-bond acceptors (Lipinski definition) is 4. The molecule has 3 aromatic rings. The summed E-state index contributed by atoms with van der Waals surface area (Å²) >= 11 is 0. The van der Waals surface area contributed by atoms with Crippen LogP contribution in [0.3, 0.4) is 0 Å². The fraction of sp³-hybridized carbons (Fsp3) is 0.323. The zero-order valence-electron chi connectivity index (χ0n) is 22.5. The van der Waals surface area contributed by atoms with Crippen molar-refractivity contribution < 1.29 is 19.1 Å². The molecular formula is C31H32FN3O3. The van der Waals surface area contributed by atoms with Crippen LogP contribution in [0.5, 0.6) is 0 Å². The van der Waals surface area contributed by atoms with Crippen molar-refractivity contribution in [2.24, 2.45) is 0 Å². The van der Waals surface area contributed by atoms with E-state index >= 15 is 4.39 Å². The van der Waals surface area contributed by atoms with Gasteiger partial charge in [0.1, 0.15) is 11.4 Å². The maximum atomic E-state index is 15.8. The van der Waals surface area contributed by atoms with Gasteiger partial charge in [-0.25, -0.2) is 4.39 Å². The second-order valence-corrected chi connectivity index (χ2v) is 10.9. The molecule has 2 atom stereocenters. The van der Waals surface area contributed by atoms with Crippen LogP contribution in [-0.2, 0) is 22.5 Å². The Hall–Kier alpha value is -4.02. The average Bonchev–Trinajstić information content (AvgIpc) is 3.13. The minimum Gasteiger partial charge on any atom is -0.382 e. The van der Waals surface area contributed by atoms with E-state index in [1.165, 1.54) is 29.7 Å². The number of nitriles is 1. The van der Waals surface area contributed by atoms with Crippen molar-refractivity contribution in [2.75, 3.05) is 4.90 Å². The molecule has 0 aromatic heterocycles. The van der Waals surface area contributed by atoms with E-state index in [2.05, 4.69) is 0 Å². The number of amides is 2. The van der Waals surface area contributed by atoms with E-state index < -0.39 is 34.3 Å². The third-order valence-corrected chi connectivity index (χ3v) is 7.28. The first-order chi connectivity index (χ1) is 17.8. The van der Waals surface area contributed by atoms with E-state index in [9.17, 15) is 14.7 Å². The molecule has 1 N–H and O–H groups in total. The Morgan fingerprint density at radius 3 is 2.21 bits per heavy atom. The molecule has 38 heavy (non-hydrogen) atoms. The molecule has 2 amide bonds. The van der Waals surface area contributed by atoms with E-state index in [1.54, 1.807) is 42.5 Å². The van der Waals surface area contributed by atoms with Crippen molar-refractivity contribution in [2.45, 2.75) is 64.8 Å². The van der Waals surface area contributed by atoms with Crippen LogP contribution in [-0.4, -0.2) is 27.4 Å². The molecule has 6 nitrogen and oxygen atoms in total. The van der Waals surface area contributed by atoms with Crippen LogP contribution >= 0.6 is 0 Å². The van der Waals surface area contributed by atoms with E-state index in [1.807, 2.05) is 52.0 Å². The first-order valence-corrected chi connectivity index (χ1v) is 12.5. The second kappa shape index (κ2) is 9.38. The van der Waals surface area contributed by atoms with E-state index in [0.29, 0.717) is 16.8 Å². The predicted molar refractivity (Wildman–Crippen MR) is 144 cm³/mol. The number of hydrogen-bond donors (Lipinski definition) is 1. The molecule has 2 heterocycles. The number of carbonyl (C=O) groups excluding carboxylic acids is 2. The highest BCUT2D eigenvalue weighted by Crippen LogP contribution is 2.59. The van der Waals surface area contributed by atoms with Gasteiger partial charge < -0.3 is 14.9 Å². The third-order valence-electron chi connectivity index (χ3n) is 7.28. The van der Waals surface area contributed by atoms with Crippen molar-refractivity contribution in [1.82, 2.24) is 4.90 Å². The molecule has 0 aliphatic carbocycles. The SMILES string of the molecule is CC#N.Cc1ccc(CN2C(=O)c3ccccc3[C@](C)(O)[C@@]23C(=O)N(C(C)(C)C)c2cccc(F)c23)cc1. The lowest BCUT2D eigenvalue weighted by Gasteiger charge is -2.53. The molecule has 0 saturated heterocycles. The van der Waals surface area contributed by atoms with Crippen molar-refractivity contribution in [1.29, 1.82) is 5.26 Å². The van der Waals surface area contributed by atoms with Crippen LogP contribution in [0.25, 0.3) is 0 Å². The lowest BCUT2D eigenvalue weighted by molar-refractivity contribution is -0.155. The summed E-state index contributed by atoms with van der Waals surface area (Å²) in [5.41, 5.74) is -1.79. The molecule has 0 fully saturated rings. The summed E-state index contributed by atoms with van der Waals surface area (Å²) in [4.78, 5) is 31.5. The number of nitrogens with zero attached hydrogens (tertiary/aromatic N) is 3. The fourth-order valence-electron chi connectivity index (χ4n) is 5.72. The first kappa shape index (κ1) is 27.0. The van der Waals surface area contributed by atoms with Gasteiger partial charge in [-0.15, -0.1) is 0 Å². The number of anilines is 1. The Bertz CT molecular complexity index is 1450. The van der Waals surface area contributed by atoms with Crippen LogP contribution < -0.4 is 4.90 Å². The summed E-state index contributed by atoms with van der Waals surface area (Å²) < 4.78 is 15.8. The topological polar surface area (TPSA) is 84.6 Å². The predicted octanol–water partition coefficient (Wildman–Crippen LogP) is 5.57. The zero-order valence-corrected chi connectivity index (χ0v) is 22.5. The Labute approximate surface area is 222 Å². The Morgan fingerprint density at radius 1 is 1.00 bits per heavy atom. The van der Waals surface area contributed by atoms with Crippen molar-refractivity contribution in [3.63, 3.8) is 0 Å². The standard InChI is InChI=1S/C29H29FN2O3.C2H3N/c1-18-13-15-19(16-14-18)17-31-25(33)20-9-6-7-10-21(20)28(5,35)29(31)24-22(30)11-8-12-23(24)32(26(29)34)27(2,3)4;1-2-3/h6-16,35H,17H2,1-5H3;1H3/t28-,29+;/m0./s1. The van der Waals surface area contributed by atoms with Gasteiger partial charge >= 0.3 is 0 Å². The molecule has 7 heteroatoms. The van der Waals surface area contributed by atoms with Crippen molar-refractivity contribution >= 4 is 17.5 Å².